The maximum atomic E-state index is 11.7. The van der Waals surface area contributed by atoms with E-state index in [0.717, 1.165) is 5.56 Å². The van der Waals surface area contributed by atoms with Crippen molar-refractivity contribution in [3.63, 3.8) is 0 Å². The van der Waals surface area contributed by atoms with Gasteiger partial charge in [0.05, 0.1) is 0 Å². The van der Waals surface area contributed by atoms with E-state index in [0.29, 0.717) is 5.56 Å². The lowest BCUT2D eigenvalue weighted by molar-refractivity contribution is 0.856. The van der Waals surface area contributed by atoms with Crippen LogP contribution in [0.5, 0.6) is 0 Å². The molecule has 4 nitrogen and oxygen atoms in total. The van der Waals surface area contributed by atoms with Gasteiger partial charge in [0.1, 0.15) is 11.6 Å². The zero-order chi connectivity index (χ0) is 11.5. The number of nitrogens with zero attached hydrogens (tertiary/aromatic N) is 3. The third-order valence-corrected chi connectivity index (χ3v) is 2.37. The molecule has 0 aromatic carbocycles. The highest BCUT2D eigenvalue weighted by atomic mass is 16.1. The zero-order valence-electron chi connectivity index (χ0n) is 8.71. The van der Waals surface area contributed by atoms with E-state index in [-0.39, 0.29) is 11.1 Å². The minimum absolute atomic E-state index is 0.163. The lowest BCUT2D eigenvalue weighted by Crippen LogP contribution is -2.19. The second-order valence-electron chi connectivity index (χ2n) is 3.37. The summed E-state index contributed by atoms with van der Waals surface area (Å²) >= 11 is 0. The molecule has 0 unspecified atom stereocenters. The topological polar surface area (TPSA) is 58.7 Å². The molecule has 0 saturated heterocycles. The van der Waals surface area contributed by atoms with E-state index in [1.807, 2.05) is 6.07 Å². The molecule has 0 fully saturated rings. The molecule has 0 radical (unpaired) electrons. The van der Waals surface area contributed by atoms with E-state index in [4.69, 9.17) is 5.26 Å². The van der Waals surface area contributed by atoms with Crippen molar-refractivity contribution in [1.82, 2.24) is 9.55 Å². The maximum absolute atomic E-state index is 11.7. The van der Waals surface area contributed by atoms with Crippen molar-refractivity contribution in [2.45, 2.75) is 0 Å². The van der Waals surface area contributed by atoms with Crippen LogP contribution in [-0.2, 0) is 7.05 Å². The summed E-state index contributed by atoms with van der Waals surface area (Å²) in [5.41, 5.74) is 1.35. The summed E-state index contributed by atoms with van der Waals surface area (Å²) in [6.45, 7) is 0. The van der Waals surface area contributed by atoms with Gasteiger partial charge in [0, 0.05) is 31.2 Å². The van der Waals surface area contributed by atoms with Crippen LogP contribution in [-0.4, -0.2) is 9.55 Å². The molecule has 0 spiro atoms. The Morgan fingerprint density at radius 3 is 2.62 bits per heavy atom. The zero-order valence-corrected chi connectivity index (χ0v) is 8.71. The Morgan fingerprint density at radius 1 is 1.31 bits per heavy atom. The fraction of sp³-hybridized carbons (Fsp3) is 0.0833. The largest absolute Gasteiger partial charge is 0.317 e. The number of hydrogen-bond acceptors (Lipinski definition) is 3. The molecular weight excluding hydrogens is 202 g/mol. The lowest BCUT2D eigenvalue weighted by Gasteiger charge is -2.04. The summed E-state index contributed by atoms with van der Waals surface area (Å²) in [5, 5.41) is 9.01. The van der Waals surface area contributed by atoms with Crippen LogP contribution in [0.15, 0.2) is 41.6 Å². The molecule has 0 aliphatic heterocycles. The lowest BCUT2D eigenvalue weighted by atomic mass is 10.0. The third kappa shape index (κ3) is 1.59. The Labute approximate surface area is 92.4 Å². The molecule has 2 aromatic heterocycles. The predicted octanol–water partition coefficient (Wildman–Crippen LogP) is 1.32. The number of nitriles is 1. The quantitative estimate of drug-likeness (QED) is 0.714. The molecule has 0 bridgehead atoms. The number of aryl methyl sites for hydroxylation is 1. The van der Waals surface area contributed by atoms with Gasteiger partial charge in [-0.2, -0.15) is 5.26 Å². The Morgan fingerprint density at radius 2 is 2.00 bits per heavy atom. The van der Waals surface area contributed by atoms with Crippen molar-refractivity contribution in [3.8, 4) is 17.2 Å². The van der Waals surface area contributed by atoms with Gasteiger partial charge in [-0.1, -0.05) is 0 Å². The van der Waals surface area contributed by atoms with E-state index in [1.54, 1.807) is 43.8 Å². The van der Waals surface area contributed by atoms with Gasteiger partial charge >= 0.3 is 0 Å². The van der Waals surface area contributed by atoms with Crippen LogP contribution >= 0.6 is 0 Å². The molecule has 0 aliphatic carbocycles. The smallest absolute Gasteiger partial charge is 0.268 e. The third-order valence-electron chi connectivity index (χ3n) is 2.37. The van der Waals surface area contributed by atoms with Gasteiger partial charge in [0.2, 0.25) is 0 Å². The van der Waals surface area contributed by atoms with Crippen LogP contribution in [0.4, 0.5) is 0 Å². The first-order chi connectivity index (χ1) is 7.74. The molecule has 4 heteroatoms. The van der Waals surface area contributed by atoms with E-state index in [9.17, 15) is 4.79 Å². The first kappa shape index (κ1) is 10.1. The number of pyridine rings is 2. The summed E-state index contributed by atoms with van der Waals surface area (Å²) in [6.07, 6.45) is 4.92. The monoisotopic (exact) mass is 211 g/mol. The first-order valence-electron chi connectivity index (χ1n) is 4.74. The molecule has 78 valence electrons. The minimum Gasteiger partial charge on any atom is -0.317 e. The molecule has 0 aliphatic rings. The van der Waals surface area contributed by atoms with Crippen LogP contribution in [0.1, 0.15) is 5.56 Å². The van der Waals surface area contributed by atoms with Crippen molar-refractivity contribution < 1.29 is 0 Å². The molecule has 2 aromatic rings. The van der Waals surface area contributed by atoms with E-state index in [1.165, 1.54) is 4.57 Å². The second-order valence-corrected chi connectivity index (χ2v) is 3.37. The standard InChI is InChI=1S/C12H9N3O/c1-15-7-4-10(11(8-13)12(15)16)9-2-5-14-6-3-9/h2-7H,1H3. The van der Waals surface area contributed by atoms with Crippen molar-refractivity contribution in [2.75, 3.05) is 0 Å². The van der Waals surface area contributed by atoms with Crippen LogP contribution < -0.4 is 5.56 Å². The highest BCUT2D eigenvalue weighted by Gasteiger charge is 2.09. The fourth-order valence-electron chi connectivity index (χ4n) is 1.51. The summed E-state index contributed by atoms with van der Waals surface area (Å²) in [5.74, 6) is 0. The van der Waals surface area contributed by atoms with Gasteiger partial charge in [-0.25, -0.2) is 0 Å². The van der Waals surface area contributed by atoms with Crippen LogP contribution in [0.3, 0.4) is 0 Å². The van der Waals surface area contributed by atoms with Gasteiger partial charge in [0.15, 0.2) is 0 Å². The molecular formula is C12H9N3O. The van der Waals surface area contributed by atoms with Gasteiger partial charge in [-0.05, 0) is 23.8 Å². The van der Waals surface area contributed by atoms with Crippen molar-refractivity contribution in [1.29, 1.82) is 5.26 Å². The summed E-state index contributed by atoms with van der Waals surface area (Å²) < 4.78 is 1.39. The van der Waals surface area contributed by atoms with Gasteiger partial charge < -0.3 is 4.57 Å². The Bertz CT molecular complexity index is 608. The van der Waals surface area contributed by atoms with Crippen molar-refractivity contribution in [2.24, 2.45) is 7.05 Å². The first-order valence-corrected chi connectivity index (χ1v) is 4.74. The molecule has 2 rings (SSSR count). The van der Waals surface area contributed by atoms with Crippen molar-refractivity contribution >= 4 is 0 Å². The van der Waals surface area contributed by atoms with E-state index >= 15 is 0 Å². The van der Waals surface area contributed by atoms with Crippen molar-refractivity contribution in [3.05, 3.63) is 52.7 Å². The summed E-state index contributed by atoms with van der Waals surface area (Å²) in [4.78, 5) is 15.6. The highest BCUT2D eigenvalue weighted by molar-refractivity contribution is 5.69. The van der Waals surface area contributed by atoms with Crippen LogP contribution in [0.25, 0.3) is 11.1 Å². The SMILES string of the molecule is Cn1ccc(-c2ccncc2)c(C#N)c1=O. The summed E-state index contributed by atoms with van der Waals surface area (Å²) in [7, 11) is 1.62. The summed E-state index contributed by atoms with van der Waals surface area (Å²) in [6, 6.07) is 7.26. The average molecular weight is 211 g/mol. The van der Waals surface area contributed by atoms with Gasteiger partial charge in [-0.3, -0.25) is 9.78 Å². The van der Waals surface area contributed by atoms with E-state index in [2.05, 4.69) is 4.98 Å². The number of rotatable bonds is 1. The molecule has 16 heavy (non-hydrogen) atoms. The van der Waals surface area contributed by atoms with Crippen LogP contribution in [0, 0.1) is 11.3 Å². The normalized spacial score (nSPS) is 9.75. The maximum Gasteiger partial charge on any atom is 0.268 e. The fourth-order valence-corrected chi connectivity index (χ4v) is 1.51. The Hall–Kier alpha value is -2.41. The molecule has 0 saturated carbocycles. The molecule has 0 N–H and O–H groups in total. The molecule has 0 amide bonds. The second kappa shape index (κ2) is 3.99. The number of hydrogen-bond donors (Lipinski definition) is 0. The van der Waals surface area contributed by atoms with E-state index < -0.39 is 0 Å². The number of aromatic nitrogens is 2. The molecule has 0 atom stereocenters. The Kier molecular flexibility index (Phi) is 2.52. The average Bonchev–Trinajstić information content (AvgIpc) is 2.33. The minimum atomic E-state index is -0.281. The van der Waals surface area contributed by atoms with Gasteiger partial charge in [-0.15, -0.1) is 0 Å². The van der Waals surface area contributed by atoms with Gasteiger partial charge in [0.25, 0.3) is 5.56 Å². The Balaban J connectivity index is 2.74. The highest BCUT2D eigenvalue weighted by Crippen LogP contribution is 2.19. The molecule has 2 heterocycles. The predicted molar refractivity (Wildman–Crippen MR) is 59.6 cm³/mol. The van der Waals surface area contributed by atoms with Crippen LogP contribution in [0.2, 0.25) is 0 Å².